The van der Waals surface area contributed by atoms with Crippen LogP contribution < -0.4 is 10.5 Å². The van der Waals surface area contributed by atoms with Crippen LogP contribution in [-0.4, -0.2) is 34.6 Å². The fourth-order valence-corrected chi connectivity index (χ4v) is 2.35. The number of carbonyl (C=O) groups excluding carboxylic acids is 1. The van der Waals surface area contributed by atoms with Gasteiger partial charge in [-0.1, -0.05) is 0 Å². The number of sulfonamides is 1. The molecule has 0 amide bonds. The zero-order valence-electron chi connectivity index (χ0n) is 10.0. The number of carbonyl (C=O) groups is 1. The Morgan fingerprint density at radius 1 is 1.33 bits per heavy atom. The first-order chi connectivity index (χ1) is 8.51. The van der Waals surface area contributed by atoms with Crippen molar-refractivity contribution in [3.63, 3.8) is 0 Å². The van der Waals surface area contributed by atoms with Gasteiger partial charge in [-0.15, -0.1) is 0 Å². The standard InChI is InChI=1S/C11H16N2O4S/c1-17-11(14)9-3-5-10(6-4-9)18(15,16)13-8-2-7-12/h3-6,13H,2,7-8,12H2,1H3. The van der Waals surface area contributed by atoms with Crippen LogP contribution in [0.3, 0.4) is 0 Å². The summed E-state index contributed by atoms with van der Waals surface area (Å²) >= 11 is 0. The number of rotatable bonds is 6. The van der Waals surface area contributed by atoms with Crippen LogP contribution in [0.4, 0.5) is 0 Å². The number of nitrogens with one attached hydrogen (secondary N) is 1. The van der Waals surface area contributed by atoms with Gasteiger partial charge < -0.3 is 10.5 Å². The Kier molecular flexibility index (Phi) is 5.26. The topological polar surface area (TPSA) is 98.5 Å². The minimum Gasteiger partial charge on any atom is -0.465 e. The summed E-state index contributed by atoms with van der Waals surface area (Å²) in [5, 5.41) is 0. The summed E-state index contributed by atoms with van der Waals surface area (Å²) in [4.78, 5) is 11.3. The van der Waals surface area contributed by atoms with Gasteiger partial charge in [0.25, 0.3) is 0 Å². The highest BCUT2D eigenvalue weighted by Gasteiger charge is 2.14. The summed E-state index contributed by atoms with van der Waals surface area (Å²) in [5.74, 6) is -0.505. The average molecular weight is 272 g/mol. The number of nitrogens with two attached hydrogens (primary N) is 1. The van der Waals surface area contributed by atoms with Crippen LogP contribution in [-0.2, 0) is 14.8 Å². The molecule has 0 heterocycles. The molecule has 0 aliphatic heterocycles. The number of methoxy groups -OCH3 is 1. The van der Waals surface area contributed by atoms with Gasteiger partial charge >= 0.3 is 5.97 Å². The van der Waals surface area contributed by atoms with E-state index in [1.54, 1.807) is 0 Å². The quantitative estimate of drug-likeness (QED) is 0.565. The van der Waals surface area contributed by atoms with E-state index in [0.29, 0.717) is 18.5 Å². The van der Waals surface area contributed by atoms with Gasteiger partial charge in [0, 0.05) is 6.54 Å². The molecule has 0 aliphatic carbocycles. The maximum atomic E-state index is 11.8. The molecule has 0 saturated carbocycles. The molecule has 0 aromatic heterocycles. The lowest BCUT2D eigenvalue weighted by molar-refractivity contribution is 0.0600. The normalized spacial score (nSPS) is 11.2. The second-order valence-corrected chi connectivity index (χ2v) is 5.32. The Hall–Kier alpha value is -1.44. The van der Waals surface area contributed by atoms with Crippen molar-refractivity contribution in [2.24, 2.45) is 5.73 Å². The van der Waals surface area contributed by atoms with Crippen LogP contribution in [0.5, 0.6) is 0 Å². The lowest BCUT2D eigenvalue weighted by Gasteiger charge is -2.06. The predicted octanol–water partition coefficient (Wildman–Crippen LogP) is 0.100. The molecule has 7 heteroatoms. The van der Waals surface area contributed by atoms with E-state index in [4.69, 9.17) is 5.73 Å². The van der Waals surface area contributed by atoms with Crippen LogP contribution in [0, 0.1) is 0 Å². The number of hydrogen-bond donors (Lipinski definition) is 2. The highest BCUT2D eigenvalue weighted by molar-refractivity contribution is 7.89. The van der Waals surface area contributed by atoms with Gasteiger partial charge in [0.05, 0.1) is 17.6 Å². The van der Waals surface area contributed by atoms with Crippen molar-refractivity contribution in [2.75, 3.05) is 20.2 Å². The summed E-state index contributed by atoms with van der Waals surface area (Å²) < 4.78 is 30.5. The van der Waals surface area contributed by atoms with E-state index < -0.39 is 16.0 Å². The van der Waals surface area contributed by atoms with Gasteiger partial charge in [0.2, 0.25) is 10.0 Å². The van der Waals surface area contributed by atoms with Gasteiger partial charge in [0.1, 0.15) is 0 Å². The van der Waals surface area contributed by atoms with E-state index in [0.717, 1.165) is 0 Å². The van der Waals surface area contributed by atoms with E-state index in [1.807, 2.05) is 0 Å². The van der Waals surface area contributed by atoms with E-state index in [9.17, 15) is 13.2 Å². The van der Waals surface area contributed by atoms with Crippen molar-refractivity contribution in [2.45, 2.75) is 11.3 Å². The average Bonchev–Trinajstić information content (AvgIpc) is 2.38. The van der Waals surface area contributed by atoms with Crippen molar-refractivity contribution in [3.8, 4) is 0 Å². The smallest absolute Gasteiger partial charge is 0.337 e. The molecule has 1 aromatic carbocycles. The largest absolute Gasteiger partial charge is 0.465 e. The Bertz CT molecular complexity index is 496. The van der Waals surface area contributed by atoms with Crippen molar-refractivity contribution in [3.05, 3.63) is 29.8 Å². The Morgan fingerprint density at radius 2 is 1.94 bits per heavy atom. The molecule has 3 N–H and O–H groups in total. The van der Waals surface area contributed by atoms with E-state index >= 15 is 0 Å². The Morgan fingerprint density at radius 3 is 2.44 bits per heavy atom. The number of ether oxygens (including phenoxy) is 1. The van der Waals surface area contributed by atoms with Crippen LogP contribution in [0.1, 0.15) is 16.8 Å². The molecule has 1 aromatic rings. The first-order valence-corrected chi connectivity index (χ1v) is 6.87. The summed E-state index contributed by atoms with van der Waals surface area (Å²) in [7, 11) is -2.27. The van der Waals surface area contributed by atoms with Crippen LogP contribution in [0.25, 0.3) is 0 Å². The molecule has 0 aliphatic rings. The fourth-order valence-electron chi connectivity index (χ4n) is 1.28. The highest BCUT2D eigenvalue weighted by atomic mass is 32.2. The molecule has 0 radical (unpaired) electrons. The van der Waals surface area contributed by atoms with Crippen molar-refractivity contribution >= 4 is 16.0 Å². The van der Waals surface area contributed by atoms with Crippen LogP contribution >= 0.6 is 0 Å². The SMILES string of the molecule is COC(=O)c1ccc(S(=O)(=O)NCCCN)cc1. The molecule has 0 atom stereocenters. The molecule has 0 spiro atoms. The summed E-state index contributed by atoms with van der Waals surface area (Å²) in [5.41, 5.74) is 5.58. The van der Waals surface area contributed by atoms with Gasteiger partial charge in [0.15, 0.2) is 0 Å². The fraction of sp³-hybridized carbons (Fsp3) is 0.364. The molecule has 1 rings (SSSR count). The van der Waals surface area contributed by atoms with Crippen LogP contribution in [0.15, 0.2) is 29.2 Å². The first-order valence-electron chi connectivity index (χ1n) is 5.39. The van der Waals surface area contributed by atoms with Gasteiger partial charge in [-0.2, -0.15) is 0 Å². The van der Waals surface area contributed by atoms with Crippen molar-refractivity contribution < 1.29 is 17.9 Å². The lowest BCUT2D eigenvalue weighted by Crippen LogP contribution is -2.26. The molecule has 100 valence electrons. The van der Waals surface area contributed by atoms with Gasteiger partial charge in [-0.25, -0.2) is 17.9 Å². The molecule has 18 heavy (non-hydrogen) atoms. The minimum atomic E-state index is -3.54. The third-order valence-electron chi connectivity index (χ3n) is 2.26. The zero-order valence-corrected chi connectivity index (χ0v) is 10.9. The van der Waals surface area contributed by atoms with Crippen molar-refractivity contribution in [1.29, 1.82) is 0 Å². The minimum absolute atomic E-state index is 0.104. The highest BCUT2D eigenvalue weighted by Crippen LogP contribution is 2.11. The molecular weight excluding hydrogens is 256 g/mol. The van der Waals surface area contributed by atoms with E-state index in [1.165, 1.54) is 31.4 Å². The molecule has 0 bridgehead atoms. The summed E-state index contributed by atoms with van der Waals surface area (Å²) in [6, 6.07) is 5.53. The molecule has 6 nitrogen and oxygen atoms in total. The third kappa shape index (κ3) is 3.80. The maximum Gasteiger partial charge on any atom is 0.337 e. The molecule has 0 unspecified atom stereocenters. The second-order valence-electron chi connectivity index (χ2n) is 3.56. The number of benzene rings is 1. The molecule has 0 fully saturated rings. The second kappa shape index (κ2) is 6.48. The van der Waals surface area contributed by atoms with Gasteiger partial charge in [-0.3, -0.25) is 0 Å². The van der Waals surface area contributed by atoms with Crippen LogP contribution in [0.2, 0.25) is 0 Å². The first kappa shape index (κ1) is 14.6. The Labute approximate surface area is 106 Å². The monoisotopic (exact) mass is 272 g/mol. The summed E-state index contributed by atoms with van der Waals surface area (Å²) in [6.45, 7) is 0.710. The molecule has 0 saturated heterocycles. The van der Waals surface area contributed by atoms with E-state index in [2.05, 4.69) is 9.46 Å². The number of hydrogen-bond acceptors (Lipinski definition) is 5. The Balaban J connectivity index is 2.81. The maximum absolute atomic E-state index is 11.8. The zero-order chi connectivity index (χ0) is 13.6. The third-order valence-corrected chi connectivity index (χ3v) is 3.74. The van der Waals surface area contributed by atoms with Gasteiger partial charge in [-0.05, 0) is 37.2 Å². The lowest BCUT2D eigenvalue weighted by atomic mass is 10.2. The van der Waals surface area contributed by atoms with Crippen molar-refractivity contribution in [1.82, 2.24) is 4.72 Å². The number of esters is 1. The molecular formula is C11H16N2O4S. The predicted molar refractivity (Wildman–Crippen MR) is 66.6 cm³/mol. The van der Waals surface area contributed by atoms with E-state index in [-0.39, 0.29) is 11.4 Å². The summed E-state index contributed by atoms with van der Waals surface area (Å²) in [6.07, 6.45) is 0.569.